The molecule has 14 heteroatoms. The molecule has 1 heterocycles. The Labute approximate surface area is 232 Å². The highest BCUT2D eigenvalue weighted by Gasteiger charge is 2.32. The molecule has 2 aromatic rings. The Hall–Kier alpha value is -4.46. The molecule has 3 amide bonds. The number of imidazole rings is 1. The van der Waals surface area contributed by atoms with E-state index in [9.17, 15) is 24.3 Å². The zero-order chi connectivity index (χ0) is 29.7. The first-order valence-electron chi connectivity index (χ1n) is 12.9. The van der Waals surface area contributed by atoms with E-state index in [0.717, 1.165) is 5.56 Å². The number of aliphatic imine (C=N–C) groups is 1. The molecule has 4 atom stereocenters. The predicted molar refractivity (Wildman–Crippen MR) is 149 cm³/mol. The van der Waals surface area contributed by atoms with Gasteiger partial charge in [-0.15, -0.1) is 0 Å². The minimum atomic E-state index is -1.25. The average Bonchev–Trinajstić information content (AvgIpc) is 3.42. The van der Waals surface area contributed by atoms with Gasteiger partial charge in [0.2, 0.25) is 17.7 Å². The quantitative estimate of drug-likeness (QED) is 0.0698. The maximum atomic E-state index is 13.4. The van der Waals surface area contributed by atoms with Gasteiger partial charge in [-0.05, 0) is 24.3 Å². The summed E-state index contributed by atoms with van der Waals surface area (Å²) in [4.78, 5) is 61.7. The van der Waals surface area contributed by atoms with Crippen LogP contribution in [-0.4, -0.2) is 75.4 Å². The van der Waals surface area contributed by atoms with Gasteiger partial charge in [0.05, 0.1) is 12.4 Å². The van der Waals surface area contributed by atoms with E-state index in [2.05, 4.69) is 30.9 Å². The van der Waals surface area contributed by atoms with Crippen molar-refractivity contribution in [3.8, 4) is 0 Å². The zero-order valence-corrected chi connectivity index (χ0v) is 22.7. The number of nitrogens with one attached hydrogen (secondary N) is 4. The first kappa shape index (κ1) is 31.8. The number of H-pyrrole nitrogens is 1. The third-order valence-electron chi connectivity index (χ3n) is 6.06. The lowest BCUT2D eigenvalue weighted by molar-refractivity contribution is -0.142. The number of aliphatic carboxylic acids is 1. The van der Waals surface area contributed by atoms with E-state index in [1.807, 2.05) is 6.07 Å². The fourth-order valence-corrected chi connectivity index (χ4v) is 3.85. The number of hydrogen-bond acceptors (Lipinski definition) is 7. The van der Waals surface area contributed by atoms with Gasteiger partial charge in [0.15, 0.2) is 5.96 Å². The number of hydrogen-bond donors (Lipinski definition) is 8. The van der Waals surface area contributed by atoms with Crippen molar-refractivity contribution < 1.29 is 24.3 Å². The Kier molecular flexibility index (Phi) is 12.6. The van der Waals surface area contributed by atoms with Crippen LogP contribution in [-0.2, 0) is 32.0 Å². The second-order valence-corrected chi connectivity index (χ2v) is 9.72. The normalized spacial score (nSPS) is 13.9. The number of carboxylic acid groups (broad SMARTS) is 1. The molecule has 4 unspecified atom stereocenters. The molecule has 11 N–H and O–H groups in total. The molecule has 14 nitrogen and oxygen atoms in total. The fourth-order valence-electron chi connectivity index (χ4n) is 3.85. The number of aromatic amines is 1. The van der Waals surface area contributed by atoms with Crippen molar-refractivity contribution in [1.82, 2.24) is 25.9 Å². The lowest BCUT2D eigenvalue weighted by Gasteiger charge is -2.27. The average molecular weight is 558 g/mol. The fraction of sp³-hybridized carbons (Fsp3) is 0.462. The Morgan fingerprint density at radius 3 is 2.23 bits per heavy atom. The van der Waals surface area contributed by atoms with Crippen molar-refractivity contribution in [1.29, 1.82) is 0 Å². The first-order chi connectivity index (χ1) is 19.0. The number of carbonyl (C=O) groups is 4. The van der Waals surface area contributed by atoms with Crippen LogP contribution in [0.5, 0.6) is 0 Å². The molecule has 1 aromatic heterocycles. The molecule has 0 radical (unpaired) electrons. The molecule has 0 spiro atoms. The molecule has 0 aliphatic rings. The van der Waals surface area contributed by atoms with Gasteiger partial charge in [-0.25, -0.2) is 9.78 Å². The van der Waals surface area contributed by atoms with E-state index >= 15 is 0 Å². The van der Waals surface area contributed by atoms with Gasteiger partial charge in [-0.3, -0.25) is 19.4 Å². The second-order valence-electron chi connectivity index (χ2n) is 9.72. The van der Waals surface area contributed by atoms with Crippen LogP contribution in [0.4, 0.5) is 0 Å². The first-order valence-corrected chi connectivity index (χ1v) is 12.9. The van der Waals surface area contributed by atoms with Gasteiger partial charge in [0, 0.05) is 31.3 Å². The van der Waals surface area contributed by atoms with Gasteiger partial charge in [0.1, 0.15) is 18.1 Å². The number of nitrogens with two attached hydrogens (primary N) is 3. The molecule has 40 heavy (non-hydrogen) atoms. The standard InChI is InChI=1S/C26H39N9O5/c1-15(2)21(24(38)34-20(25(39)40)12-17-13-30-14-32-17)35-23(37)19(11-16-7-4-3-5-8-16)33-22(36)18(27)9-6-10-31-26(28)29/h3-5,7-8,13-15,18-21H,6,9-12,27H2,1-2H3,(H,30,32)(H,33,36)(H,34,38)(H,35,37)(H,39,40)(H4,28,29,31). The van der Waals surface area contributed by atoms with E-state index in [4.69, 9.17) is 17.2 Å². The molecular weight excluding hydrogens is 518 g/mol. The zero-order valence-electron chi connectivity index (χ0n) is 22.7. The van der Waals surface area contributed by atoms with Gasteiger partial charge in [-0.2, -0.15) is 0 Å². The summed E-state index contributed by atoms with van der Waals surface area (Å²) in [5.41, 5.74) is 17.9. The summed E-state index contributed by atoms with van der Waals surface area (Å²) in [6.45, 7) is 3.74. The molecule has 0 aliphatic carbocycles. The van der Waals surface area contributed by atoms with Crippen LogP contribution >= 0.6 is 0 Å². The molecule has 0 aliphatic heterocycles. The summed E-state index contributed by atoms with van der Waals surface area (Å²) in [6, 6.07) is 4.77. The molecular formula is C26H39N9O5. The van der Waals surface area contributed by atoms with Gasteiger partial charge < -0.3 is 43.2 Å². The molecule has 0 fully saturated rings. The summed E-state index contributed by atoms with van der Waals surface area (Å²) in [5, 5.41) is 17.5. The third kappa shape index (κ3) is 10.7. The number of guanidine groups is 1. The molecule has 2 rings (SSSR count). The van der Waals surface area contributed by atoms with Crippen molar-refractivity contribution >= 4 is 29.7 Å². The van der Waals surface area contributed by atoms with Crippen LogP contribution in [0, 0.1) is 5.92 Å². The van der Waals surface area contributed by atoms with E-state index in [1.165, 1.54) is 12.5 Å². The summed E-state index contributed by atoms with van der Waals surface area (Å²) in [7, 11) is 0. The lowest BCUT2D eigenvalue weighted by atomic mass is 10.00. The summed E-state index contributed by atoms with van der Waals surface area (Å²) < 4.78 is 0. The van der Waals surface area contributed by atoms with Crippen LogP contribution < -0.4 is 33.2 Å². The van der Waals surface area contributed by atoms with Gasteiger partial charge in [-0.1, -0.05) is 44.2 Å². The van der Waals surface area contributed by atoms with Crippen molar-refractivity contribution in [3.63, 3.8) is 0 Å². The highest BCUT2D eigenvalue weighted by molar-refractivity contribution is 5.94. The van der Waals surface area contributed by atoms with Crippen molar-refractivity contribution in [2.45, 2.75) is 63.7 Å². The smallest absolute Gasteiger partial charge is 0.326 e. The minimum absolute atomic E-state index is 0.0202. The Morgan fingerprint density at radius 1 is 0.975 bits per heavy atom. The number of amides is 3. The minimum Gasteiger partial charge on any atom is -0.480 e. The van der Waals surface area contributed by atoms with Crippen LogP contribution in [0.2, 0.25) is 0 Å². The maximum absolute atomic E-state index is 13.4. The Bertz CT molecular complexity index is 1130. The van der Waals surface area contributed by atoms with Gasteiger partial charge in [0.25, 0.3) is 0 Å². The number of rotatable bonds is 16. The highest BCUT2D eigenvalue weighted by Crippen LogP contribution is 2.09. The molecule has 0 saturated heterocycles. The number of carbonyl (C=O) groups excluding carboxylic acids is 3. The largest absolute Gasteiger partial charge is 0.480 e. The molecule has 1 aromatic carbocycles. The SMILES string of the molecule is CC(C)C(NC(=O)C(Cc1ccccc1)NC(=O)C(N)CCCN=C(N)N)C(=O)NC(Cc1cnc[nH]1)C(=O)O. The Balaban J connectivity index is 2.13. The van der Waals surface area contributed by atoms with Crippen molar-refractivity contribution in [2.75, 3.05) is 6.54 Å². The lowest BCUT2D eigenvalue weighted by Crippen LogP contribution is -2.59. The summed E-state index contributed by atoms with van der Waals surface area (Å²) >= 11 is 0. The monoisotopic (exact) mass is 557 g/mol. The predicted octanol–water partition coefficient (Wildman–Crippen LogP) is -1.23. The van der Waals surface area contributed by atoms with Gasteiger partial charge >= 0.3 is 5.97 Å². The second kappa shape index (κ2) is 15.8. The summed E-state index contributed by atoms with van der Waals surface area (Å²) in [5.74, 6) is -3.51. The van der Waals surface area contributed by atoms with Crippen molar-refractivity contribution in [3.05, 3.63) is 54.1 Å². The maximum Gasteiger partial charge on any atom is 0.326 e. The van der Waals surface area contributed by atoms with E-state index < -0.39 is 53.8 Å². The van der Waals surface area contributed by atoms with Crippen LogP contribution in [0.3, 0.4) is 0 Å². The summed E-state index contributed by atoms with van der Waals surface area (Å²) in [6.07, 6.45) is 3.74. The van der Waals surface area contributed by atoms with E-state index in [0.29, 0.717) is 18.7 Å². The van der Waals surface area contributed by atoms with E-state index in [1.54, 1.807) is 38.1 Å². The molecule has 0 saturated carbocycles. The number of benzene rings is 1. The topological polar surface area (TPSA) is 244 Å². The Morgan fingerprint density at radius 2 is 1.65 bits per heavy atom. The van der Waals surface area contributed by atoms with Crippen LogP contribution in [0.15, 0.2) is 47.8 Å². The number of aromatic nitrogens is 2. The highest BCUT2D eigenvalue weighted by atomic mass is 16.4. The van der Waals surface area contributed by atoms with Crippen LogP contribution in [0.25, 0.3) is 0 Å². The van der Waals surface area contributed by atoms with E-state index in [-0.39, 0.29) is 25.2 Å². The molecule has 218 valence electrons. The number of carboxylic acids is 1. The third-order valence-corrected chi connectivity index (χ3v) is 6.06. The van der Waals surface area contributed by atoms with Crippen LogP contribution in [0.1, 0.15) is 37.9 Å². The van der Waals surface area contributed by atoms with Crippen molar-refractivity contribution in [2.24, 2.45) is 28.1 Å². The number of nitrogens with zero attached hydrogens (tertiary/aromatic N) is 2. The molecule has 0 bridgehead atoms.